The molecule has 1 atom stereocenters. The van der Waals surface area contributed by atoms with Crippen molar-refractivity contribution in [2.75, 3.05) is 5.88 Å². The van der Waals surface area contributed by atoms with Gasteiger partial charge in [-0.05, 0) is 30.2 Å². The number of carbonyl (C=O) groups excluding carboxylic acids is 1. The zero-order valence-corrected chi connectivity index (χ0v) is 12.7. The largest absolute Gasteiger partial charge is 0.508 e. The van der Waals surface area contributed by atoms with Crippen molar-refractivity contribution in [1.82, 2.24) is 5.32 Å². The molecule has 1 unspecified atom stereocenters. The number of aromatic hydroxyl groups is 1. The molecule has 0 spiro atoms. The molecule has 0 aliphatic heterocycles. The normalized spacial score (nSPS) is 11.9. The van der Waals surface area contributed by atoms with Crippen LogP contribution in [0.4, 0.5) is 0 Å². The van der Waals surface area contributed by atoms with Crippen molar-refractivity contribution in [3.05, 3.63) is 64.7 Å². The Balaban J connectivity index is 2.07. The highest BCUT2D eigenvalue weighted by molar-refractivity contribution is 6.33. The van der Waals surface area contributed by atoms with Gasteiger partial charge in [0, 0.05) is 11.9 Å². The van der Waals surface area contributed by atoms with Gasteiger partial charge in [0.25, 0.3) is 5.91 Å². The summed E-state index contributed by atoms with van der Waals surface area (Å²) in [5.41, 5.74) is 1.32. The minimum absolute atomic E-state index is 0.00460. The van der Waals surface area contributed by atoms with Gasteiger partial charge in [0.2, 0.25) is 0 Å². The molecule has 3 nitrogen and oxygen atoms in total. The van der Waals surface area contributed by atoms with Gasteiger partial charge in [-0.15, -0.1) is 11.6 Å². The second kappa shape index (κ2) is 7.34. The van der Waals surface area contributed by atoms with Crippen LogP contribution in [0.2, 0.25) is 5.02 Å². The number of alkyl halides is 1. The number of halogens is 2. The van der Waals surface area contributed by atoms with Crippen LogP contribution in [-0.4, -0.2) is 22.9 Å². The Hall–Kier alpha value is -1.71. The third-order valence-corrected chi connectivity index (χ3v) is 3.74. The molecular formula is C16H15Cl2NO2. The number of hydrogen-bond acceptors (Lipinski definition) is 2. The first-order chi connectivity index (χ1) is 10.1. The maximum atomic E-state index is 12.2. The number of nitrogens with one attached hydrogen (secondary N) is 1. The average Bonchev–Trinajstić information content (AvgIpc) is 2.50. The van der Waals surface area contributed by atoms with Gasteiger partial charge < -0.3 is 10.4 Å². The molecule has 0 saturated heterocycles. The second-order valence-electron chi connectivity index (χ2n) is 4.68. The Labute approximate surface area is 133 Å². The quantitative estimate of drug-likeness (QED) is 0.825. The summed E-state index contributed by atoms with van der Waals surface area (Å²) in [7, 11) is 0. The zero-order valence-electron chi connectivity index (χ0n) is 11.2. The molecule has 0 aliphatic rings. The first-order valence-corrected chi connectivity index (χ1v) is 7.40. The topological polar surface area (TPSA) is 49.3 Å². The Morgan fingerprint density at radius 2 is 1.90 bits per heavy atom. The van der Waals surface area contributed by atoms with E-state index in [0.717, 1.165) is 5.56 Å². The molecule has 2 N–H and O–H groups in total. The van der Waals surface area contributed by atoms with Crippen molar-refractivity contribution in [2.45, 2.75) is 12.5 Å². The van der Waals surface area contributed by atoms with E-state index in [4.69, 9.17) is 23.2 Å². The van der Waals surface area contributed by atoms with E-state index in [1.54, 1.807) is 0 Å². The summed E-state index contributed by atoms with van der Waals surface area (Å²) >= 11 is 11.9. The van der Waals surface area contributed by atoms with Crippen molar-refractivity contribution in [3.63, 3.8) is 0 Å². The van der Waals surface area contributed by atoms with E-state index in [1.807, 2.05) is 30.3 Å². The Kier molecular flexibility index (Phi) is 5.48. The molecule has 110 valence electrons. The fourth-order valence-corrected chi connectivity index (χ4v) is 2.38. The molecule has 0 heterocycles. The monoisotopic (exact) mass is 323 g/mol. The van der Waals surface area contributed by atoms with E-state index in [1.165, 1.54) is 18.2 Å². The van der Waals surface area contributed by atoms with E-state index >= 15 is 0 Å². The molecule has 1 amide bonds. The summed E-state index contributed by atoms with van der Waals surface area (Å²) in [4.78, 5) is 12.2. The van der Waals surface area contributed by atoms with E-state index < -0.39 is 0 Å². The third-order valence-electron chi connectivity index (χ3n) is 3.04. The maximum absolute atomic E-state index is 12.2. The van der Waals surface area contributed by atoms with Crippen LogP contribution in [0, 0.1) is 0 Å². The van der Waals surface area contributed by atoms with Gasteiger partial charge in [-0.25, -0.2) is 0 Å². The van der Waals surface area contributed by atoms with Crippen molar-refractivity contribution in [3.8, 4) is 5.75 Å². The van der Waals surface area contributed by atoms with Gasteiger partial charge in [-0.3, -0.25) is 4.79 Å². The highest BCUT2D eigenvalue weighted by Crippen LogP contribution is 2.21. The SMILES string of the molecule is O=C(NC(CCl)Cc1ccccc1)c1cc(O)ccc1Cl. The molecule has 0 aromatic heterocycles. The third kappa shape index (κ3) is 4.38. The van der Waals surface area contributed by atoms with Crippen LogP contribution in [-0.2, 0) is 6.42 Å². The number of amides is 1. The maximum Gasteiger partial charge on any atom is 0.253 e. The number of rotatable bonds is 5. The number of carbonyl (C=O) groups is 1. The van der Waals surface area contributed by atoms with Crippen LogP contribution < -0.4 is 5.32 Å². The molecule has 0 fully saturated rings. The van der Waals surface area contributed by atoms with Crippen molar-refractivity contribution < 1.29 is 9.90 Å². The van der Waals surface area contributed by atoms with Gasteiger partial charge in [-0.2, -0.15) is 0 Å². The molecule has 0 radical (unpaired) electrons. The summed E-state index contributed by atoms with van der Waals surface area (Å²) in [6, 6.07) is 13.8. The first-order valence-electron chi connectivity index (χ1n) is 6.49. The van der Waals surface area contributed by atoms with Crippen molar-refractivity contribution in [2.24, 2.45) is 0 Å². The Morgan fingerprint density at radius 3 is 2.57 bits per heavy atom. The Morgan fingerprint density at radius 1 is 1.19 bits per heavy atom. The molecular weight excluding hydrogens is 309 g/mol. The first kappa shape index (κ1) is 15.7. The van der Waals surface area contributed by atoms with Gasteiger partial charge in [0.1, 0.15) is 5.75 Å². The van der Waals surface area contributed by atoms with E-state index in [2.05, 4.69) is 5.32 Å². The zero-order chi connectivity index (χ0) is 15.2. The van der Waals surface area contributed by atoms with Crippen LogP contribution in [0.3, 0.4) is 0 Å². The summed E-state index contributed by atoms with van der Waals surface area (Å²) < 4.78 is 0. The number of phenols is 1. The van der Waals surface area contributed by atoms with Gasteiger partial charge in [-0.1, -0.05) is 41.9 Å². The van der Waals surface area contributed by atoms with Crippen LogP contribution >= 0.6 is 23.2 Å². The van der Waals surface area contributed by atoms with Crippen LogP contribution in [0.25, 0.3) is 0 Å². The van der Waals surface area contributed by atoms with Crippen molar-refractivity contribution >= 4 is 29.1 Å². The number of phenolic OH excluding ortho intramolecular Hbond substituents is 1. The lowest BCUT2D eigenvalue weighted by atomic mass is 10.1. The summed E-state index contributed by atoms with van der Waals surface area (Å²) in [5, 5.41) is 12.6. The Bertz CT molecular complexity index is 617. The molecule has 2 rings (SSSR count). The van der Waals surface area contributed by atoms with E-state index in [0.29, 0.717) is 11.4 Å². The smallest absolute Gasteiger partial charge is 0.253 e. The second-order valence-corrected chi connectivity index (χ2v) is 5.39. The summed E-state index contributed by atoms with van der Waals surface area (Å²) in [6.07, 6.45) is 0.631. The lowest BCUT2D eigenvalue weighted by molar-refractivity contribution is 0.0940. The van der Waals surface area contributed by atoms with Gasteiger partial charge in [0.05, 0.1) is 10.6 Å². The summed E-state index contributed by atoms with van der Waals surface area (Å²) in [5.74, 6) is -0.0654. The average molecular weight is 324 g/mol. The molecule has 2 aromatic rings. The fourth-order valence-electron chi connectivity index (χ4n) is 1.99. The fraction of sp³-hybridized carbons (Fsp3) is 0.188. The van der Waals surface area contributed by atoms with Crippen LogP contribution in [0.5, 0.6) is 5.75 Å². The molecule has 0 aliphatic carbocycles. The lowest BCUT2D eigenvalue weighted by Gasteiger charge is -2.17. The number of benzene rings is 2. The predicted octanol–water partition coefficient (Wildman–Crippen LogP) is 3.63. The standard InChI is InChI=1S/C16H15Cl2NO2/c17-10-12(8-11-4-2-1-3-5-11)19-16(21)14-9-13(20)6-7-15(14)18/h1-7,9,12,20H,8,10H2,(H,19,21). The highest BCUT2D eigenvalue weighted by Gasteiger charge is 2.16. The molecule has 0 bridgehead atoms. The minimum Gasteiger partial charge on any atom is -0.508 e. The number of hydrogen-bond donors (Lipinski definition) is 2. The lowest BCUT2D eigenvalue weighted by Crippen LogP contribution is -2.37. The van der Waals surface area contributed by atoms with Crippen LogP contribution in [0.1, 0.15) is 15.9 Å². The van der Waals surface area contributed by atoms with Gasteiger partial charge in [0.15, 0.2) is 0 Å². The molecule has 5 heteroatoms. The highest BCUT2D eigenvalue weighted by atomic mass is 35.5. The molecule has 0 saturated carbocycles. The van der Waals surface area contributed by atoms with E-state index in [9.17, 15) is 9.90 Å². The minimum atomic E-state index is -0.350. The molecule has 21 heavy (non-hydrogen) atoms. The van der Waals surface area contributed by atoms with E-state index in [-0.39, 0.29) is 29.1 Å². The molecule has 2 aromatic carbocycles. The predicted molar refractivity (Wildman–Crippen MR) is 85.2 cm³/mol. The summed E-state index contributed by atoms with van der Waals surface area (Å²) in [6.45, 7) is 0. The van der Waals surface area contributed by atoms with Crippen molar-refractivity contribution in [1.29, 1.82) is 0 Å². The van der Waals surface area contributed by atoms with Crippen LogP contribution in [0.15, 0.2) is 48.5 Å². The van der Waals surface area contributed by atoms with Gasteiger partial charge >= 0.3 is 0 Å².